The maximum atomic E-state index is 2.21. The summed E-state index contributed by atoms with van der Waals surface area (Å²) < 4.78 is 2.21. The van der Waals surface area contributed by atoms with E-state index in [2.05, 4.69) is 46.9 Å². The lowest BCUT2D eigenvalue weighted by Crippen LogP contribution is -1.79. The lowest BCUT2D eigenvalue weighted by Gasteiger charge is -1.96. The van der Waals surface area contributed by atoms with Crippen LogP contribution in [0.3, 0.4) is 0 Å². The normalized spacial score (nSPS) is 10.9. The van der Waals surface area contributed by atoms with Gasteiger partial charge in [0.1, 0.15) is 0 Å². The first kappa shape index (κ1) is 9.03. The van der Waals surface area contributed by atoms with Gasteiger partial charge in [0, 0.05) is 22.7 Å². The van der Waals surface area contributed by atoms with Crippen LogP contribution in [0.1, 0.15) is 0 Å². The second-order valence-electron chi connectivity index (χ2n) is 2.72. The number of hydrogen-bond acceptors (Lipinski definition) is 2. The van der Waals surface area contributed by atoms with Gasteiger partial charge in [0.05, 0.1) is 5.52 Å². The maximum absolute atomic E-state index is 2.21. The largest absolute Gasteiger partial charge is 0.290 e. The highest BCUT2D eigenvalue weighted by Gasteiger charge is 2.05. The van der Waals surface area contributed by atoms with Crippen molar-refractivity contribution in [2.75, 3.05) is 12.5 Å². The van der Waals surface area contributed by atoms with Crippen molar-refractivity contribution in [3.8, 4) is 0 Å². The fourth-order valence-electron chi connectivity index (χ4n) is 1.43. The Morgan fingerprint density at radius 2 is 1.92 bits per heavy atom. The number of fused-ring (bicyclic) bond motifs is 1. The van der Waals surface area contributed by atoms with Gasteiger partial charge in [-0.15, -0.1) is 11.8 Å². The SMILES string of the molecule is CSc1cn(SC)c2ccccc12. The summed E-state index contributed by atoms with van der Waals surface area (Å²) in [6, 6.07) is 8.51. The summed E-state index contributed by atoms with van der Waals surface area (Å²) in [5, 5.41) is 1.35. The zero-order valence-electron chi connectivity index (χ0n) is 7.65. The molecule has 0 unspecified atom stereocenters. The molecule has 1 aromatic heterocycles. The minimum atomic E-state index is 1.30. The highest BCUT2D eigenvalue weighted by Crippen LogP contribution is 2.30. The van der Waals surface area contributed by atoms with Gasteiger partial charge in [0.25, 0.3) is 0 Å². The third-order valence-corrected chi connectivity index (χ3v) is 3.52. The standard InChI is InChI=1S/C10H11NS2/c1-12-10-7-11(13-2)9-6-4-3-5-8(9)10/h3-7H,1-2H3. The fraction of sp³-hybridized carbons (Fsp3) is 0.200. The Balaban J connectivity index is 2.74. The molecule has 0 radical (unpaired) electrons. The lowest BCUT2D eigenvalue weighted by molar-refractivity contribution is 1.31. The van der Waals surface area contributed by atoms with Crippen molar-refractivity contribution in [1.29, 1.82) is 0 Å². The Kier molecular flexibility index (Phi) is 2.56. The Bertz CT molecular complexity index is 382. The summed E-state index contributed by atoms with van der Waals surface area (Å²) in [4.78, 5) is 1.35. The van der Waals surface area contributed by atoms with Crippen LogP contribution in [-0.2, 0) is 0 Å². The van der Waals surface area contributed by atoms with E-state index < -0.39 is 0 Å². The Morgan fingerprint density at radius 3 is 2.62 bits per heavy atom. The van der Waals surface area contributed by atoms with Crippen LogP contribution in [0.4, 0.5) is 0 Å². The van der Waals surface area contributed by atoms with Crippen LogP contribution in [0, 0.1) is 0 Å². The van der Waals surface area contributed by atoms with Crippen LogP contribution < -0.4 is 0 Å². The molecule has 3 heteroatoms. The molecule has 0 aliphatic carbocycles. The lowest BCUT2D eigenvalue weighted by atomic mass is 10.2. The molecule has 1 heterocycles. The molecule has 0 bridgehead atoms. The highest BCUT2D eigenvalue weighted by molar-refractivity contribution is 7.99. The van der Waals surface area contributed by atoms with Gasteiger partial charge in [0.2, 0.25) is 0 Å². The van der Waals surface area contributed by atoms with Crippen LogP contribution in [-0.4, -0.2) is 16.5 Å². The fourth-order valence-corrected chi connectivity index (χ4v) is 2.67. The predicted molar refractivity (Wildman–Crippen MR) is 62.6 cm³/mol. The van der Waals surface area contributed by atoms with Crippen molar-refractivity contribution in [2.45, 2.75) is 4.90 Å². The zero-order chi connectivity index (χ0) is 9.26. The summed E-state index contributed by atoms with van der Waals surface area (Å²) in [5.41, 5.74) is 1.30. The van der Waals surface area contributed by atoms with E-state index >= 15 is 0 Å². The van der Waals surface area contributed by atoms with Gasteiger partial charge in [-0.25, -0.2) is 0 Å². The van der Waals surface area contributed by atoms with Crippen molar-refractivity contribution in [3.63, 3.8) is 0 Å². The second kappa shape index (κ2) is 3.68. The molecule has 1 aromatic carbocycles. The number of thioether (sulfide) groups is 1. The Hall–Kier alpha value is -0.540. The summed E-state index contributed by atoms with van der Waals surface area (Å²) in [5.74, 6) is 0. The van der Waals surface area contributed by atoms with Gasteiger partial charge in [-0.1, -0.05) is 18.2 Å². The molecule has 2 rings (SSSR count). The molecule has 0 N–H and O–H groups in total. The summed E-state index contributed by atoms with van der Waals surface area (Å²) in [6.07, 6.45) is 6.41. The molecule has 0 aliphatic heterocycles. The molecule has 1 nitrogen and oxygen atoms in total. The summed E-state index contributed by atoms with van der Waals surface area (Å²) in [6.45, 7) is 0. The minimum Gasteiger partial charge on any atom is -0.290 e. The number of benzene rings is 1. The van der Waals surface area contributed by atoms with Crippen LogP contribution in [0.25, 0.3) is 10.9 Å². The van der Waals surface area contributed by atoms with Crippen molar-refractivity contribution in [1.82, 2.24) is 3.97 Å². The van der Waals surface area contributed by atoms with Crippen molar-refractivity contribution in [2.24, 2.45) is 0 Å². The molecule has 0 aliphatic rings. The first-order chi connectivity index (χ1) is 6.36. The summed E-state index contributed by atoms with van der Waals surface area (Å²) in [7, 11) is 0. The van der Waals surface area contributed by atoms with Crippen LogP contribution in [0.5, 0.6) is 0 Å². The molecule has 2 aromatic rings. The third kappa shape index (κ3) is 1.46. The van der Waals surface area contributed by atoms with Crippen molar-refractivity contribution < 1.29 is 0 Å². The van der Waals surface area contributed by atoms with Gasteiger partial charge < -0.3 is 0 Å². The first-order valence-corrected chi connectivity index (χ1v) is 6.46. The van der Waals surface area contributed by atoms with E-state index in [1.54, 1.807) is 23.7 Å². The predicted octanol–water partition coefficient (Wildman–Crippen LogP) is 3.49. The number of rotatable bonds is 2. The molecule has 0 fully saturated rings. The average Bonchev–Trinajstić information content (AvgIpc) is 2.56. The molecular weight excluding hydrogens is 198 g/mol. The molecular formula is C10H11NS2. The van der Waals surface area contributed by atoms with E-state index in [9.17, 15) is 0 Å². The second-order valence-corrected chi connectivity index (χ2v) is 4.33. The summed E-state index contributed by atoms with van der Waals surface area (Å²) >= 11 is 3.54. The van der Waals surface area contributed by atoms with Gasteiger partial charge in [0.15, 0.2) is 0 Å². The molecule has 13 heavy (non-hydrogen) atoms. The molecule has 0 atom stereocenters. The highest BCUT2D eigenvalue weighted by atomic mass is 32.2. The molecule has 0 amide bonds. The van der Waals surface area contributed by atoms with Crippen molar-refractivity contribution in [3.05, 3.63) is 30.5 Å². The van der Waals surface area contributed by atoms with Crippen LogP contribution in [0.2, 0.25) is 0 Å². The van der Waals surface area contributed by atoms with E-state index in [1.807, 2.05) is 0 Å². The number of hydrogen-bond donors (Lipinski definition) is 0. The van der Waals surface area contributed by atoms with Crippen LogP contribution in [0.15, 0.2) is 35.4 Å². The van der Waals surface area contributed by atoms with E-state index in [0.29, 0.717) is 0 Å². The smallest absolute Gasteiger partial charge is 0.0602 e. The molecule has 0 spiro atoms. The number of aromatic nitrogens is 1. The van der Waals surface area contributed by atoms with Gasteiger partial charge in [-0.05, 0) is 24.3 Å². The van der Waals surface area contributed by atoms with Gasteiger partial charge in [-0.2, -0.15) is 0 Å². The average molecular weight is 209 g/mol. The van der Waals surface area contributed by atoms with Gasteiger partial charge >= 0.3 is 0 Å². The third-order valence-electron chi connectivity index (χ3n) is 2.06. The Labute approximate surface area is 86.6 Å². The Morgan fingerprint density at radius 1 is 1.15 bits per heavy atom. The zero-order valence-corrected chi connectivity index (χ0v) is 9.28. The van der Waals surface area contributed by atoms with E-state index in [1.165, 1.54) is 15.8 Å². The maximum Gasteiger partial charge on any atom is 0.0602 e. The quantitative estimate of drug-likeness (QED) is 0.698. The van der Waals surface area contributed by atoms with E-state index in [4.69, 9.17) is 0 Å². The van der Waals surface area contributed by atoms with E-state index in [-0.39, 0.29) is 0 Å². The van der Waals surface area contributed by atoms with E-state index in [0.717, 1.165) is 0 Å². The number of para-hydroxylation sites is 1. The molecule has 0 saturated heterocycles. The van der Waals surface area contributed by atoms with Crippen LogP contribution >= 0.6 is 23.7 Å². The molecule has 0 saturated carbocycles. The minimum absolute atomic E-state index is 1.30. The number of nitrogens with zero attached hydrogens (tertiary/aromatic N) is 1. The monoisotopic (exact) mass is 209 g/mol. The molecule has 68 valence electrons. The van der Waals surface area contributed by atoms with Gasteiger partial charge in [-0.3, -0.25) is 3.97 Å². The van der Waals surface area contributed by atoms with Crippen molar-refractivity contribution >= 4 is 34.6 Å². The first-order valence-electron chi connectivity index (χ1n) is 4.05. The topological polar surface area (TPSA) is 4.93 Å².